The lowest BCUT2D eigenvalue weighted by Gasteiger charge is -2.40. The molecule has 29 heavy (non-hydrogen) atoms. The van der Waals surface area contributed by atoms with Crippen molar-refractivity contribution >= 4 is 33.8 Å². The van der Waals surface area contributed by atoms with Crippen LogP contribution in [0.4, 0.5) is 4.79 Å². The van der Waals surface area contributed by atoms with Crippen LogP contribution in [0.25, 0.3) is 0 Å². The molecule has 9 heteroatoms. The van der Waals surface area contributed by atoms with Crippen molar-refractivity contribution < 1.29 is 9.59 Å². The van der Waals surface area contributed by atoms with Gasteiger partial charge in [0.2, 0.25) is 5.96 Å². The molecule has 0 N–H and O–H groups in total. The lowest BCUT2D eigenvalue weighted by Crippen LogP contribution is -2.63. The highest BCUT2D eigenvalue weighted by molar-refractivity contribution is 9.10. The number of fused-ring (bicyclic) bond motifs is 3. The molecule has 0 aliphatic carbocycles. The van der Waals surface area contributed by atoms with Gasteiger partial charge in [0.15, 0.2) is 12.2 Å². The van der Waals surface area contributed by atoms with E-state index in [0.29, 0.717) is 0 Å². The van der Waals surface area contributed by atoms with Crippen molar-refractivity contribution in [2.45, 2.75) is 25.7 Å². The molecule has 8 nitrogen and oxygen atoms in total. The summed E-state index contributed by atoms with van der Waals surface area (Å²) in [5.41, 5.74) is 1.96. The fraction of sp³-hybridized carbons (Fsp3) is 0.450. The van der Waals surface area contributed by atoms with Crippen molar-refractivity contribution in [3.63, 3.8) is 0 Å². The van der Waals surface area contributed by atoms with E-state index in [1.54, 1.807) is 11.9 Å². The highest BCUT2D eigenvalue weighted by Crippen LogP contribution is 2.34. The molecule has 0 radical (unpaired) electrons. The molecule has 0 bridgehead atoms. The predicted octanol–water partition coefficient (Wildman–Crippen LogP) is 1.95. The zero-order valence-electron chi connectivity index (χ0n) is 17.0. The van der Waals surface area contributed by atoms with Crippen LogP contribution in [-0.4, -0.2) is 88.8 Å². The first-order valence-electron chi connectivity index (χ1n) is 9.57. The lowest BCUT2D eigenvalue weighted by molar-refractivity contribution is -0.137. The van der Waals surface area contributed by atoms with Crippen LogP contribution in [-0.2, 0) is 11.3 Å². The third-order valence-corrected chi connectivity index (χ3v) is 6.06. The molecule has 4 rings (SSSR count). The maximum Gasteiger partial charge on any atom is 0.328 e. The molecule has 1 aromatic carbocycles. The number of carbonyl (C=O) groups is 2. The highest BCUT2D eigenvalue weighted by Gasteiger charge is 2.54. The topological polar surface area (TPSA) is 62.7 Å². The Kier molecular flexibility index (Phi) is 5.12. The summed E-state index contributed by atoms with van der Waals surface area (Å²) in [5, 5.41) is 0. The van der Waals surface area contributed by atoms with Gasteiger partial charge in [0.05, 0.1) is 6.54 Å². The lowest BCUT2D eigenvalue weighted by atomic mass is 10.1. The Balaban J connectivity index is 1.59. The van der Waals surface area contributed by atoms with Gasteiger partial charge in [-0.05, 0) is 38.7 Å². The van der Waals surface area contributed by atoms with E-state index in [1.165, 1.54) is 4.90 Å². The van der Waals surface area contributed by atoms with E-state index in [4.69, 9.17) is 4.99 Å². The van der Waals surface area contributed by atoms with Gasteiger partial charge in [-0.3, -0.25) is 9.69 Å². The standard InChI is InChI=1S/C20H25BrN6O2/c1-13-11-26-16-17(22-19(26)25(13)10-9-23(2)3)24(4)20(29)27(18(16)28)12-14-5-7-15(21)8-6-14/h5-8,11,16-17H,9-10,12H2,1-4H3. The van der Waals surface area contributed by atoms with Gasteiger partial charge in [-0.25, -0.2) is 9.79 Å². The fourth-order valence-electron chi connectivity index (χ4n) is 3.90. The number of urea groups is 1. The second-order valence-electron chi connectivity index (χ2n) is 7.86. The Bertz CT molecular complexity index is 897. The van der Waals surface area contributed by atoms with Crippen LogP contribution < -0.4 is 0 Å². The van der Waals surface area contributed by atoms with Gasteiger partial charge in [0, 0.05) is 36.5 Å². The van der Waals surface area contributed by atoms with Gasteiger partial charge >= 0.3 is 6.03 Å². The number of hydrogen-bond donors (Lipinski definition) is 0. The van der Waals surface area contributed by atoms with Crippen LogP contribution in [0.2, 0.25) is 0 Å². The zero-order valence-corrected chi connectivity index (χ0v) is 18.6. The molecule has 0 aromatic heterocycles. The third kappa shape index (κ3) is 3.42. The minimum Gasteiger partial charge on any atom is -0.313 e. The van der Waals surface area contributed by atoms with Crippen LogP contribution in [0.1, 0.15) is 12.5 Å². The predicted molar refractivity (Wildman–Crippen MR) is 114 cm³/mol. The second kappa shape index (κ2) is 7.46. The number of aliphatic imine (C=N–C) groups is 1. The highest BCUT2D eigenvalue weighted by atomic mass is 79.9. The van der Waals surface area contributed by atoms with Gasteiger partial charge in [-0.2, -0.15) is 0 Å². The zero-order chi connectivity index (χ0) is 20.9. The summed E-state index contributed by atoms with van der Waals surface area (Å²) >= 11 is 3.41. The molecule has 1 aromatic rings. The number of imide groups is 1. The number of amides is 3. The van der Waals surface area contributed by atoms with E-state index >= 15 is 0 Å². The summed E-state index contributed by atoms with van der Waals surface area (Å²) in [6, 6.07) is 6.80. The Morgan fingerprint density at radius 3 is 2.48 bits per heavy atom. The number of benzene rings is 1. The van der Waals surface area contributed by atoms with E-state index in [0.717, 1.165) is 34.8 Å². The van der Waals surface area contributed by atoms with Crippen molar-refractivity contribution in [1.29, 1.82) is 0 Å². The van der Waals surface area contributed by atoms with Gasteiger partial charge in [-0.15, -0.1) is 0 Å². The Labute approximate surface area is 179 Å². The molecule has 1 saturated heterocycles. The van der Waals surface area contributed by atoms with E-state index < -0.39 is 12.2 Å². The van der Waals surface area contributed by atoms with E-state index in [2.05, 4.69) is 25.7 Å². The molecule has 0 spiro atoms. The molecule has 0 saturated carbocycles. The molecule has 3 heterocycles. The van der Waals surface area contributed by atoms with E-state index in [9.17, 15) is 9.59 Å². The Morgan fingerprint density at radius 1 is 1.14 bits per heavy atom. The maximum absolute atomic E-state index is 13.4. The minimum absolute atomic E-state index is 0.210. The van der Waals surface area contributed by atoms with Gasteiger partial charge in [0.25, 0.3) is 5.91 Å². The first-order chi connectivity index (χ1) is 13.8. The van der Waals surface area contributed by atoms with E-state index in [1.807, 2.05) is 56.4 Å². The van der Waals surface area contributed by atoms with Gasteiger partial charge in [0.1, 0.15) is 0 Å². The molecule has 3 aliphatic rings. The number of rotatable bonds is 5. The molecular weight excluding hydrogens is 436 g/mol. The van der Waals surface area contributed by atoms with E-state index in [-0.39, 0.29) is 18.5 Å². The molecule has 154 valence electrons. The number of halogens is 1. The average Bonchev–Trinajstić information content (AvgIpc) is 3.18. The van der Waals surface area contributed by atoms with Gasteiger partial charge < -0.3 is 19.6 Å². The van der Waals surface area contributed by atoms with Crippen molar-refractivity contribution in [2.75, 3.05) is 34.2 Å². The summed E-state index contributed by atoms with van der Waals surface area (Å²) in [6.45, 7) is 3.91. The normalized spacial score (nSPS) is 23.7. The van der Waals surface area contributed by atoms with Gasteiger partial charge in [-0.1, -0.05) is 28.1 Å². The smallest absolute Gasteiger partial charge is 0.313 e. The Hall–Kier alpha value is -2.39. The van der Waals surface area contributed by atoms with Crippen LogP contribution >= 0.6 is 15.9 Å². The minimum atomic E-state index is -0.526. The van der Waals surface area contributed by atoms with Crippen molar-refractivity contribution in [3.05, 3.63) is 46.2 Å². The van der Waals surface area contributed by atoms with Crippen LogP contribution in [0.15, 0.2) is 45.6 Å². The summed E-state index contributed by atoms with van der Waals surface area (Å²) in [6.07, 6.45) is 1.47. The summed E-state index contributed by atoms with van der Waals surface area (Å²) in [5.74, 6) is 0.538. The SMILES string of the molecule is CC1=CN2C(=NC3C2C(=O)N(Cc2ccc(Br)cc2)C(=O)N3C)N1CCN(C)C. The summed E-state index contributed by atoms with van der Waals surface area (Å²) in [4.78, 5) is 40.1. The number of hydrogen-bond acceptors (Lipinski definition) is 6. The summed E-state index contributed by atoms with van der Waals surface area (Å²) in [7, 11) is 5.77. The maximum atomic E-state index is 13.4. The fourth-order valence-corrected chi connectivity index (χ4v) is 4.16. The van der Waals surface area contributed by atoms with Crippen LogP contribution in [0.3, 0.4) is 0 Å². The second-order valence-corrected chi connectivity index (χ2v) is 8.78. The van der Waals surface area contributed by atoms with Crippen molar-refractivity contribution in [1.82, 2.24) is 24.5 Å². The Morgan fingerprint density at radius 2 is 1.83 bits per heavy atom. The monoisotopic (exact) mass is 460 g/mol. The first kappa shape index (κ1) is 19.9. The number of carbonyl (C=O) groups excluding carboxylic acids is 2. The number of likely N-dealkylation sites (N-methyl/N-ethyl adjacent to an activating group) is 2. The molecule has 3 amide bonds. The summed E-state index contributed by atoms with van der Waals surface area (Å²) < 4.78 is 0.957. The molecule has 2 atom stereocenters. The number of guanidine groups is 1. The molecule has 1 fully saturated rings. The third-order valence-electron chi connectivity index (χ3n) is 5.53. The van der Waals surface area contributed by atoms with Crippen molar-refractivity contribution in [2.24, 2.45) is 4.99 Å². The quantitative estimate of drug-likeness (QED) is 0.671. The molecular formula is C20H25BrN6O2. The largest absolute Gasteiger partial charge is 0.328 e. The first-order valence-corrected chi connectivity index (χ1v) is 10.4. The molecule has 3 aliphatic heterocycles. The average molecular weight is 461 g/mol. The number of nitrogens with zero attached hydrogens (tertiary/aromatic N) is 6. The van der Waals surface area contributed by atoms with Crippen LogP contribution in [0, 0.1) is 0 Å². The molecule has 2 unspecified atom stereocenters. The number of allylic oxidation sites excluding steroid dienone is 1. The van der Waals surface area contributed by atoms with Crippen molar-refractivity contribution in [3.8, 4) is 0 Å². The van der Waals surface area contributed by atoms with Crippen LogP contribution in [0.5, 0.6) is 0 Å².